The summed E-state index contributed by atoms with van der Waals surface area (Å²) in [6.45, 7) is 2.30. The number of nitrogens with one attached hydrogen (secondary N) is 1. The van der Waals surface area contributed by atoms with Crippen LogP contribution in [-0.2, 0) is 19.6 Å². The fourth-order valence-corrected chi connectivity index (χ4v) is 2.82. The average molecular weight is 386 g/mol. The van der Waals surface area contributed by atoms with Crippen LogP contribution in [0.25, 0.3) is 0 Å². The van der Waals surface area contributed by atoms with Crippen LogP contribution in [0.1, 0.15) is 16.7 Å². The molecule has 0 amide bonds. The molecule has 3 aromatic rings. The number of halogens is 2. The van der Waals surface area contributed by atoms with Gasteiger partial charge >= 0.3 is 0 Å². The van der Waals surface area contributed by atoms with Crippen molar-refractivity contribution >= 4 is 23.2 Å². The molecule has 0 unspecified atom stereocenters. The van der Waals surface area contributed by atoms with Gasteiger partial charge < -0.3 is 10.1 Å². The van der Waals surface area contributed by atoms with E-state index in [1.165, 1.54) is 11.1 Å². The van der Waals surface area contributed by atoms with Crippen LogP contribution in [0.3, 0.4) is 0 Å². The number of hydrogen-bond acceptors (Lipinski definition) is 2. The Bertz CT molecular complexity index is 799. The van der Waals surface area contributed by atoms with Crippen molar-refractivity contribution in [3.63, 3.8) is 0 Å². The van der Waals surface area contributed by atoms with Crippen LogP contribution in [0.15, 0.2) is 72.8 Å². The monoisotopic (exact) mass is 385 g/mol. The molecular weight excluding hydrogens is 365 g/mol. The Kier molecular flexibility index (Phi) is 6.96. The predicted molar refractivity (Wildman–Crippen MR) is 109 cm³/mol. The quantitative estimate of drug-likeness (QED) is 0.487. The lowest BCUT2D eigenvalue weighted by molar-refractivity contribution is 0.306. The van der Waals surface area contributed by atoms with E-state index in [1.807, 2.05) is 48.5 Å². The Hall–Kier alpha value is -2.00. The van der Waals surface area contributed by atoms with Crippen LogP contribution in [0.2, 0.25) is 10.0 Å². The third-order valence-electron chi connectivity index (χ3n) is 4.07. The lowest BCUT2D eigenvalue weighted by atomic mass is 10.1. The van der Waals surface area contributed by atoms with Crippen LogP contribution in [0.5, 0.6) is 5.75 Å². The fourth-order valence-electron chi connectivity index (χ4n) is 2.57. The van der Waals surface area contributed by atoms with Gasteiger partial charge in [-0.05, 0) is 66.1 Å². The van der Waals surface area contributed by atoms with Gasteiger partial charge in [0.1, 0.15) is 12.4 Å². The molecule has 0 aliphatic rings. The Balaban J connectivity index is 1.39. The SMILES string of the molecule is Clc1ccc(CCNCc2ccc(OCc3ccc(Cl)cc3)cc2)cc1. The molecule has 0 heterocycles. The van der Waals surface area contributed by atoms with Gasteiger partial charge in [-0.1, -0.05) is 59.6 Å². The second-order valence-corrected chi connectivity index (χ2v) is 6.99. The molecule has 0 aliphatic heterocycles. The topological polar surface area (TPSA) is 21.3 Å². The van der Waals surface area contributed by atoms with Crippen molar-refractivity contribution in [3.8, 4) is 5.75 Å². The minimum atomic E-state index is 0.538. The highest BCUT2D eigenvalue weighted by atomic mass is 35.5. The lowest BCUT2D eigenvalue weighted by Gasteiger charge is -2.09. The first-order valence-corrected chi connectivity index (χ1v) is 9.36. The molecule has 26 heavy (non-hydrogen) atoms. The smallest absolute Gasteiger partial charge is 0.119 e. The molecule has 0 atom stereocenters. The summed E-state index contributed by atoms with van der Waals surface area (Å²) < 4.78 is 5.81. The van der Waals surface area contributed by atoms with Crippen LogP contribution in [0, 0.1) is 0 Å². The predicted octanol–water partition coefficient (Wildman–Crippen LogP) is 5.90. The van der Waals surface area contributed by atoms with Crippen molar-refractivity contribution in [1.29, 1.82) is 0 Å². The normalized spacial score (nSPS) is 10.7. The molecule has 4 heteroatoms. The molecule has 134 valence electrons. The highest BCUT2D eigenvalue weighted by Gasteiger charge is 1.99. The first-order chi connectivity index (χ1) is 12.7. The highest BCUT2D eigenvalue weighted by molar-refractivity contribution is 6.30. The van der Waals surface area contributed by atoms with Gasteiger partial charge in [-0.3, -0.25) is 0 Å². The van der Waals surface area contributed by atoms with Crippen molar-refractivity contribution < 1.29 is 4.74 Å². The Morgan fingerprint density at radius 1 is 0.654 bits per heavy atom. The van der Waals surface area contributed by atoms with Gasteiger partial charge in [0, 0.05) is 16.6 Å². The maximum Gasteiger partial charge on any atom is 0.119 e. The molecule has 0 aliphatic carbocycles. The van der Waals surface area contributed by atoms with E-state index in [-0.39, 0.29) is 0 Å². The van der Waals surface area contributed by atoms with Crippen LogP contribution < -0.4 is 10.1 Å². The first kappa shape index (κ1) is 18.8. The van der Waals surface area contributed by atoms with Crippen LogP contribution in [-0.4, -0.2) is 6.54 Å². The van der Waals surface area contributed by atoms with E-state index < -0.39 is 0 Å². The van der Waals surface area contributed by atoms with Crippen molar-refractivity contribution in [2.75, 3.05) is 6.54 Å². The third-order valence-corrected chi connectivity index (χ3v) is 4.58. The summed E-state index contributed by atoms with van der Waals surface area (Å²) in [5, 5.41) is 4.98. The largest absolute Gasteiger partial charge is 0.489 e. The third kappa shape index (κ3) is 6.06. The summed E-state index contributed by atoms with van der Waals surface area (Å²) in [5.41, 5.74) is 3.62. The standard InChI is InChI=1S/C22H21Cl2NO/c23-20-7-1-17(2-8-20)13-14-25-15-18-5-11-22(12-6-18)26-16-19-3-9-21(24)10-4-19/h1-12,25H,13-16H2. The van der Waals surface area contributed by atoms with E-state index in [1.54, 1.807) is 0 Å². The van der Waals surface area contributed by atoms with Gasteiger partial charge in [0.05, 0.1) is 0 Å². The van der Waals surface area contributed by atoms with E-state index in [2.05, 4.69) is 29.6 Å². The van der Waals surface area contributed by atoms with Crippen LogP contribution >= 0.6 is 23.2 Å². The minimum absolute atomic E-state index is 0.538. The lowest BCUT2D eigenvalue weighted by Crippen LogP contribution is -2.16. The summed E-state index contributed by atoms with van der Waals surface area (Å²) in [7, 11) is 0. The Labute approximate surface area is 164 Å². The Morgan fingerprint density at radius 2 is 1.19 bits per heavy atom. The number of ether oxygens (including phenoxy) is 1. The summed E-state index contributed by atoms with van der Waals surface area (Å²) >= 11 is 11.8. The molecule has 1 N–H and O–H groups in total. The van der Waals surface area contributed by atoms with Gasteiger partial charge in [0.2, 0.25) is 0 Å². The zero-order valence-corrected chi connectivity index (χ0v) is 15.9. The molecule has 0 radical (unpaired) electrons. The molecule has 0 spiro atoms. The molecule has 0 fully saturated rings. The molecule has 0 bridgehead atoms. The van der Waals surface area contributed by atoms with E-state index in [9.17, 15) is 0 Å². The van der Waals surface area contributed by atoms with Crippen molar-refractivity contribution in [1.82, 2.24) is 5.32 Å². The van der Waals surface area contributed by atoms with E-state index >= 15 is 0 Å². The van der Waals surface area contributed by atoms with Crippen molar-refractivity contribution in [3.05, 3.63) is 99.5 Å². The maximum absolute atomic E-state index is 5.90. The van der Waals surface area contributed by atoms with E-state index in [0.29, 0.717) is 6.61 Å². The second kappa shape index (κ2) is 9.63. The van der Waals surface area contributed by atoms with E-state index in [0.717, 1.165) is 40.9 Å². The van der Waals surface area contributed by atoms with Gasteiger partial charge in [-0.25, -0.2) is 0 Å². The molecule has 2 nitrogen and oxygen atoms in total. The van der Waals surface area contributed by atoms with Crippen molar-refractivity contribution in [2.45, 2.75) is 19.6 Å². The Morgan fingerprint density at radius 3 is 1.81 bits per heavy atom. The first-order valence-electron chi connectivity index (χ1n) is 8.60. The second-order valence-electron chi connectivity index (χ2n) is 6.11. The van der Waals surface area contributed by atoms with E-state index in [4.69, 9.17) is 27.9 Å². The summed E-state index contributed by atoms with van der Waals surface area (Å²) in [4.78, 5) is 0. The fraction of sp³-hybridized carbons (Fsp3) is 0.182. The molecule has 0 saturated carbocycles. The highest BCUT2D eigenvalue weighted by Crippen LogP contribution is 2.16. The number of hydrogen-bond donors (Lipinski definition) is 1. The van der Waals surface area contributed by atoms with Gasteiger partial charge in [-0.2, -0.15) is 0 Å². The van der Waals surface area contributed by atoms with Crippen molar-refractivity contribution in [2.24, 2.45) is 0 Å². The molecule has 3 rings (SSSR count). The molecule has 0 aromatic heterocycles. The maximum atomic E-state index is 5.90. The number of rotatable bonds is 8. The van der Waals surface area contributed by atoms with Gasteiger partial charge in [-0.15, -0.1) is 0 Å². The van der Waals surface area contributed by atoms with Gasteiger partial charge in [0.15, 0.2) is 0 Å². The average Bonchev–Trinajstić information content (AvgIpc) is 2.67. The zero-order chi connectivity index (χ0) is 18.2. The minimum Gasteiger partial charge on any atom is -0.489 e. The van der Waals surface area contributed by atoms with Crippen LogP contribution in [0.4, 0.5) is 0 Å². The summed E-state index contributed by atoms with van der Waals surface area (Å²) in [5.74, 6) is 0.866. The zero-order valence-electron chi connectivity index (χ0n) is 14.4. The number of benzene rings is 3. The molecule has 0 saturated heterocycles. The molecular formula is C22H21Cl2NO. The van der Waals surface area contributed by atoms with Gasteiger partial charge in [0.25, 0.3) is 0 Å². The summed E-state index contributed by atoms with van der Waals surface area (Å²) in [6, 6.07) is 23.9. The summed E-state index contributed by atoms with van der Waals surface area (Å²) in [6.07, 6.45) is 0.986. The molecule has 3 aromatic carbocycles.